The summed E-state index contributed by atoms with van der Waals surface area (Å²) in [4.78, 5) is 13.8. The highest BCUT2D eigenvalue weighted by molar-refractivity contribution is 7.92. The average molecular weight is 351 g/mol. The average Bonchev–Trinajstić information content (AvgIpc) is 2.69. The van der Waals surface area contributed by atoms with Crippen LogP contribution in [0.1, 0.15) is 0 Å². The van der Waals surface area contributed by atoms with Gasteiger partial charge in [0.2, 0.25) is 5.03 Å². The standard InChI is InChI=1S/C10H8Cl2N4O4S/c1-15-5-13-10(9(15)12)21(19,20)14-7-4-6(11)2-3-8(7)16(17)18/h2-5,14H,1H3. The van der Waals surface area contributed by atoms with Crippen LogP contribution in [0.25, 0.3) is 0 Å². The fraction of sp³-hybridized carbons (Fsp3) is 0.100. The predicted octanol–water partition coefficient (Wildman–Crippen LogP) is 2.44. The number of nitro groups is 1. The minimum Gasteiger partial charge on any atom is -0.324 e. The Bertz CT molecular complexity index is 818. The number of nitrogens with one attached hydrogen (secondary N) is 1. The number of benzene rings is 1. The topological polar surface area (TPSA) is 107 Å². The van der Waals surface area contributed by atoms with Gasteiger partial charge in [-0.3, -0.25) is 14.8 Å². The quantitative estimate of drug-likeness (QED) is 0.672. The molecule has 0 amide bonds. The fourth-order valence-corrected chi connectivity index (χ4v) is 3.19. The lowest BCUT2D eigenvalue weighted by atomic mass is 10.3. The van der Waals surface area contributed by atoms with Gasteiger partial charge in [0.15, 0.2) is 0 Å². The third-order valence-corrected chi connectivity index (χ3v) is 4.58. The van der Waals surface area contributed by atoms with E-state index in [1.54, 1.807) is 0 Å². The maximum Gasteiger partial charge on any atom is 0.293 e. The summed E-state index contributed by atoms with van der Waals surface area (Å²) in [5, 5.41) is 10.5. The summed E-state index contributed by atoms with van der Waals surface area (Å²) in [6, 6.07) is 3.51. The van der Waals surface area contributed by atoms with E-state index in [9.17, 15) is 18.5 Å². The largest absolute Gasteiger partial charge is 0.324 e. The van der Waals surface area contributed by atoms with Crippen molar-refractivity contribution in [1.82, 2.24) is 9.55 Å². The third-order valence-electron chi connectivity index (χ3n) is 2.49. The van der Waals surface area contributed by atoms with Crippen molar-refractivity contribution in [2.45, 2.75) is 5.03 Å². The van der Waals surface area contributed by atoms with Gasteiger partial charge in [0.05, 0.1) is 11.3 Å². The second-order valence-electron chi connectivity index (χ2n) is 3.98. The van der Waals surface area contributed by atoms with E-state index in [-0.39, 0.29) is 15.9 Å². The van der Waals surface area contributed by atoms with Crippen molar-refractivity contribution in [3.05, 3.63) is 44.8 Å². The van der Waals surface area contributed by atoms with Gasteiger partial charge >= 0.3 is 0 Å². The first-order valence-corrected chi connectivity index (χ1v) is 7.60. The smallest absolute Gasteiger partial charge is 0.293 e. The molecule has 8 nitrogen and oxygen atoms in total. The molecule has 21 heavy (non-hydrogen) atoms. The van der Waals surface area contributed by atoms with Crippen LogP contribution in [0, 0.1) is 10.1 Å². The Morgan fingerprint density at radius 1 is 1.38 bits per heavy atom. The van der Waals surface area contributed by atoms with Gasteiger partial charge in [-0.1, -0.05) is 23.2 Å². The molecule has 0 aliphatic carbocycles. The van der Waals surface area contributed by atoms with E-state index in [0.717, 1.165) is 12.1 Å². The summed E-state index contributed by atoms with van der Waals surface area (Å²) in [6.45, 7) is 0. The summed E-state index contributed by atoms with van der Waals surface area (Å²) >= 11 is 11.5. The number of imidazole rings is 1. The van der Waals surface area contributed by atoms with Crippen LogP contribution in [-0.4, -0.2) is 22.9 Å². The highest BCUT2D eigenvalue weighted by Crippen LogP contribution is 2.30. The first kappa shape index (κ1) is 15.5. The molecule has 0 saturated carbocycles. The van der Waals surface area contributed by atoms with Crippen LogP contribution in [0.3, 0.4) is 0 Å². The maximum atomic E-state index is 12.2. The number of nitrogens with zero attached hydrogens (tertiary/aromatic N) is 3. The van der Waals surface area contributed by atoms with Crippen LogP contribution in [-0.2, 0) is 17.1 Å². The van der Waals surface area contributed by atoms with Crippen LogP contribution in [0.15, 0.2) is 29.6 Å². The zero-order valence-electron chi connectivity index (χ0n) is 10.4. The number of hydrogen-bond donors (Lipinski definition) is 1. The van der Waals surface area contributed by atoms with Crippen LogP contribution < -0.4 is 4.72 Å². The second kappa shape index (κ2) is 5.51. The van der Waals surface area contributed by atoms with Crippen molar-refractivity contribution in [2.75, 3.05) is 4.72 Å². The Hall–Kier alpha value is -1.84. The van der Waals surface area contributed by atoms with Gasteiger partial charge < -0.3 is 4.57 Å². The Morgan fingerprint density at radius 3 is 2.57 bits per heavy atom. The van der Waals surface area contributed by atoms with Gasteiger partial charge in [-0.2, -0.15) is 8.42 Å². The molecule has 0 saturated heterocycles. The maximum absolute atomic E-state index is 12.2. The molecule has 1 N–H and O–H groups in total. The van der Waals surface area contributed by atoms with E-state index in [4.69, 9.17) is 23.2 Å². The molecule has 0 radical (unpaired) electrons. The van der Waals surface area contributed by atoms with Gasteiger partial charge in [0.25, 0.3) is 15.7 Å². The molecule has 2 rings (SSSR count). The lowest BCUT2D eigenvalue weighted by molar-refractivity contribution is -0.383. The number of sulfonamides is 1. The van der Waals surface area contributed by atoms with Crippen molar-refractivity contribution in [1.29, 1.82) is 0 Å². The molecule has 2 aromatic rings. The van der Waals surface area contributed by atoms with E-state index >= 15 is 0 Å². The van der Waals surface area contributed by atoms with Crippen molar-refractivity contribution in [2.24, 2.45) is 7.05 Å². The molecule has 0 unspecified atom stereocenters. The van der Waals surface area contributed by atoms with E-state index < -0.39 is 25.7 Å². The minimum atomic E-state index is -4.17. The Labute approximate surface area is 129 Å². The molecule has 112 valence electrons. The first-order chi connectivity index (χ1) is 9.72. The summed E-state index contributed by atoms with van der Waals surface area (Å²) in [7, 11) is -2.66. The van der Waals surface area contributed by atoms with Gasteiger partial charge in [0.1, 0.15) is 10.8 Å². The monoisotopic (exact) mass is 350 g/mol. The molecule has 1 heterocycles. The molecule has 0 aliphatic rings. The van der Waals surface area contributed by atoms with E-state index in [0.29, 0.717) is 0 Å². The summed E-state index contributed by atoms with van der Waals surface area (Å²) in [6.07, 6.45) is 1.21. The number of hydrogen-bond acceptors (Lipinski definition) is 5. The first-order valence-electron chi connectivity index (χ1n) is 5.36. The molecule has 1 aromatic heterocycles. The molecule has 0 spiro atoms. The molecule has 1 aromatic carbocycles. The number of nitro benzene ring substituents is 1. The summed E-state index contributed by atoms with van der Waals surface area (Å²) < 4.78 is 27.7. The number of rotatable bonds is 4. The Kier molecular flexibility index (Phi) is 4.08. The molecular formula is C10H8Cl2N4O4S. The van der Waals surface area contributed by atoms with Crippen molar-refractivity contribution >= 4 is 44.6 Å². The van der Waals surface area contributed by atoms with Crippen LogP contribution in [0.4, 0.5) is 11.4 Å². The third kappa shape index (κ3) is 3.09. The second-order valence-corrected chi connectivity index (χ2v) is 6.37. The summed E-state index contributed by atoms with van der Waals surface area (Å²) in [5.74, 6) is 0. The number of halogens is 2. The normalized spacial score (nSPS) is 11.4. The number of anilines is 1. The molecule has 11 heteroatoms. The zero-order chi connectivity index (χ0) is 15.8. The molecule has 0 fully saturated rings. The molecule has 0 atom stereocenters. The van der Waals surface area contributed by atoms with Crippen LogP contribution in [0.5, 0.6) is 0 Å². The van der Waals surface area contributed by atoms with Gasteiger partial charge in [-0.05, 0) is 12.1 Å². The Morgan fingerprint density at radius 2 is 2.05 bits per heavy atom. The van der Waals surface area contributed by atoms with E-state index in [1.165, 1.54) is 24.0 Å². The fourth-order valence-electron chi connectivity index (χ4n) is 1.52. The highest BCUT2D eigenvalue weighted by Gasteiger charge is 2.26. The van der Waals surface area contributed by atoms with Gasteiger partial charge in [-0.25, -0.2) is 4.98 Å². The van der Waals surface area contributed by atoms with E-state index in [2.05, 4.69) is 9.71 Å². The van der Waals surface area contributed by atoms with Gasteiger partial charge in [0, 0.05) is 18.1 Å². The van der Waals surface area contributed by atoms with Gasteiger partial charge in [-0.15, -0.1) is 0 Å². The van der Waals surface area contributed by atoms with E-state index in [1.807, 2.05) is 0 Å². The SMILES string of the molecule is Cn1cnc(S(=O)(=O)Nc2cc(Cl)ccc2[N+](=O)[O-])c1Cl. The van der Waals surface area contributed by atoms with Crippen molar-refractivity contribution in [3.8, 4) is 0 Å². The van der Waals surface area contributed by atoms with Crippen LogP contribution >= 0.6 is 23.2 Å². The number of aryl methyl sites for hydroxylation is 1. The van der Waals surface area contributed by atoms with Crippen molar-refractivity contribution in [3.63, 3.8) is 0 Å². The summed E-state index contributed by atoms with van der Waals surface area (Å²) in [5.41, 5.74) is -0.704. The lowest BCUT2D eigenvalue weighted by Gasteiger charge is -2.07. The molecule has 0 aliphatic heterocycles. The molecular weight excluding hydrogens is 343 g/mol. The predicted molar refractivity (Wildman–Crippen MR) is 77.1 cm³/mol. The lowest BCUT2D eigenvalue weighted by Crippen LogP contribution is -2.15. The minimum absolute atomic E-state index is 0.118. The van der Waals surface area contributed by atoms with Crippen molar-refractivity contribution < 1.29 is 13.3 Å². The Balaban J connectivity index is 2.49. The molecule has 0 bridgehead atoms. The number of aromatic nitrogens is 2. The van der Waals surface area contributed by atoms with Crippen LogP contribution in [0.2, 0.25) is 10.2 Å². The highest BCUT2D eigenvalue weighted by atomic mass is 35.5. The zero-order valence-corrected chi connectivity index (χ0v) is 12.8.